The zero-order valence-electron chi connectivity index (χ0n) is 27.6. The van der Waals surface area contributed by atoms with Gasteiger partial charge in [0.15, 0.2) is 0 Å². The van der Waals surface area contributed by atoms with Gasteiger partial charge in [-0.3, -0.25) is 13.9 Å². The van der Waals surface area contributed by atoms with Gasteiger partial charge in [0.05, 0.1) is 17.2 Å². The molecule has 0 radical (unpaired) electrons. The van der Waals surface area contributed by atoms with Crippen molar-refractivity contribution in [2.75, 3.05) is 23.7 Å². The molecule has 0 unspecified atom stereocenters. The van der Waals surface area contributed by atoms with Crippen molar-refractivity contribution in [2.45, 2.75) is 62.0 Å². The summed E-state index contributed by atoms with van der Waals surface area (Å²) in [6.07, 6.45) is 2.83. The number of thioether (sulfide) groups is 1. The van der Waals surface area contributed by atoms with Crippen LogP contribution >= 0.6 is 23.4 Å². The van der Waals surface area contributed by atoms with Crippen molar-refractivity contribution in [1.29, 1.82) is 0 Å². The van der Waals surface area contributed by atoms with Gasteiger partial charge in [0.2, 0.25) is 11.8 Å². The van der Waals surface area contributed by atoms with Crippen LogP contribution in [0.2, 0.25) is 5.02 Å². The summed E-state index contributed by atoms with van der Waals surface area (Å²) < 4.78 is 35.8. The highest BCUT2D eigenvalue weighted by atomic mass is 35.5. The Balaban J connectivity index is 1.84. The van der Waals surface area contributed by atoms with E-state index >= 15 is 0 Å². The maximum absolute atomic E-state index is 14.7. The second kappa shape index (κ2) is 17.4. The van der Waals surface area contributed by atoms with Crippen molar-refractivity contribution in [2.24, 2.45) is 0 Å². The highest BCUT2D eigenvalue weighted by Gasteiger charge is 2.35. The molecule has 4 aromatic rings. The predicted molar refractivity (Wildman–Crippen MR) is 194 cm³/mol. The van der Waals surface area contributed by atoms with Gasteiger partial charge in [0.1, 0.15) is 18.3 Å². The van der Waals surface area contributed by atoms with Crippen molar-refractivity contribution < 1.29 is 22.7 Å². The van der Waals surface area contributed by atoms with Crippen LogP contribution in [-0.2, 0) is 32.6 Å². The molecule has 0 aromatic heterocycles. The van der Waals surface area contributed by atoms with Crippen LogP contribution in [-0.4, -0.2) is 56.6 Å². The van der Waals surface area contributed by atoms with E-state index in [1.807, 2.05) is 50.4 Å². The maximum atomic E-state index is 14.7. The Bertz CT molecular complexity index is 1750. The summed E-state index contributed by atoms with van der Waals surface area (Å²) in [6, 6.07) is 28.7. The van der Waals surface area contributed by atoms with Crippen LogP contribution in [0.1, 0.15) is 38.3 Å². The van der Waals surface area contributed by atoms with E-state index in [0.717, 1.165) is 20.3 Å². The average molecular weight is 708 g/mol. The number of para-hydroxylation sites is 2. The molecule has 0 heterocycles. The average Bonchev–Trinajstić information content (AvgIpc) is 3.10. The van der Waals surface area contributed by atoms with Crippen LogP contribution in [0, 0.1) is 0 Å². The van der Waals surface area contributed by atoms with E-state index in [-0.39, 0.29) is 35.5 Å². The van der Waals surface area contributed by atoms with Gasteiger partial charge in [-0.05, 0) is 86.2 Å². The van der Waals surface area contributed by atoms with E-state index < -0.39 is 28.5 Å². The van der Waals surface area contributed by atoms with Crippen molar-refractivity contribution in [1.82, 2.24) is 10.2 Å². The SMILES string of the molecule is CCOc1ccccc1N(CC(=O)N(Cc1ccc(Cl)cc1)[C@@H](Cc1ccccc1)C(=O)N[C@H](C)CC)S(=O)(=O)c1ccc(SC)cc1. The standard InChI is InChI=1S/C37H42ClN3O5S2/c1-5-27(3)39-37(43)34(24-28-12-8-7-9-13-28)40(25-29-16-18-30(38)19-17-29)36(42)26-41(33-14-10-11-15-35(33)46-6-2)48(44,45)32-22-20-31(47-4)21-23-32/h7-23,27,34H,5-6,24-26H2,1-4H3,(H,39,43)/t27-,34+/m1/s1. The Hall–Kier alpha value is -3.99. The number of rotatable bonds is 16. The van der Waals surface area contributed by atoms with Gasteiger partial charge in [-0.25, -0.2) is 8.42 Å². The fraction of sp³-hybridized carbons (Fsp3) is 0.297. The molecule has 11 heteroatoms. The summed E-state index contributed by atoms with van der Waals surface area (Å²) in [6.45, 7) is 5.44. The molecular formula is C37H42ClN3O5S2. The predicted octanol–water partition coefficient (Wildman–Crippen LogP) is 7.21. The molecule has 48 heavy (non-hydrogen) atoms. The molecule has 0 aliphatic heterocycles. The van der Waals surface area contributed by atoms with Gasteiger partial charge in [0, 0.05) is 28.9 Å². The number of nitrogens with one attached hydrogen (secondary N) is 1. The minimum absolute atomic E-state index is 0.0269. The second-order valence-electron chi connectivity index (χ2n) is 11.3. The summed E-state index contributed by atoms with van der Waals surface area (Å²) in [5.74, 6) is -0.565. The molecule has 4 rings (SSSR count). The van der Waals surface area contributed by atoms with E-state index in [9.17, 15) is 18.0 Å². The molecule has 2 atom stereocenters. The van der Waals surface area contributed by atoms with E-state index in [0.29, 0.717) is 23.8 Å². The van der Waals surface area contributed by atoms with Crippen molar-refractivity contribution in [3.05, 3.63) is 119 Å². The third-order valence-electron chi connectivity index (χ3n) is 7.90. The van der Waals surface area contributed by atoms with Crippen LogP contribution in [0.15, 0.2) is 113 Å². The Morgan fingerprint density at radius 3 is 2.15 bits per heavy atom. The first-order chi connectivity index (χ1) is 23.1. The van der Waals surface area contributed by atoms with Gasteiger partial charge in [-0.1, -0.05) is 73.1 Å². The highest BCUT2D eigenvalue weighted by molar-refractivity contribution is 7.98. The van der Waals surface area contributed by atoms with E-state index in [2.05, 4.69) is 5.32 Å². The van der Waals surface area contributed by atoms with Crippen LogP contribution in [0.3, 0.4) is 0 Å². The quantitative estimate of drug-likeness (QED) is 0.124. The minimum atomic E-state index is -4.28. The maximum Gasteiger partial charge on any atom is 0.264 e. The second-order valence-corrected chi connectivity index (χ2v) is 14.4. The largest absolute Gasteiger partial charge is 0.492 e. The Morgan fingerprint density at radius 1 is 0.875 bits per heavy atom. The molecule has 254 valence electrons. The number of benzene rings is 4. The zero-order chi connectivity index (χ0) is 34.7. The van der Waals surface area contributed by atoms with Crippen LogP contribution < -0.4 is 14.4 Å². The molecule has 0 spiro atoms. The Labute approximate surface area is 293 Å². The minimum Gasteiger partial charge on any atom is -0.492 e. The molecule has 1 N–H and O–H groups in total. The van der Waals surface area contributed by atoms with Gasteiger partial charge in [-0.2, -0.15) is 0 Å². The normalized spacial score (nSPS) is 12.5. The molecular weight excluding hydrogens is 666 g/mol. The number of ether oxygens (including phenoxy) is 1. The number of hydrogen-bond acceptors (Lipinski definition) is 6. The third-order valence-corrected chi connectivity index (χ3v) is 10.7. The number of carbonyl (C=O) groups is 2. The van der Waals surface area contributed by atoms with Crippen LogP contribution in [0.25, 0.3) is 0 Å². The number of hydrogen-bond donors (Lipinski definition) is 1. The number of anilines is 1. The van der Waals surface area contributed by atoms with E-state index in [1.54, 1.807) is 67.6 Å². The van der Waals surface area contributed by atoms with Gasteiger partial charge in [-0.15, -0.1) is 11.8 Å². The van der Waals surface area contributed by atoms with E-state index in [4.69, 9.17) is 16.3 Å². The summed E-state index contributed by atoms with van der Waals surface area (Å²) in [4.78, 5) is 31.1. The summed E-state index contributed by atoms with van der Waals surface area (Å²) in [5.41, 5.74) is 1.81. The highest BCUT2D eigenvalue weighted by Crippen LogP contribution is 2.33. The molecule has 0 saturated carbocycles. The summed E-state index contributed by atoms with van der Waals surface area (Å²) >= 11 is 7.67. The monoisotopic (exact) mass is 707 g/mol. The number of amides is 2. The molecule has 2 amide bonds. The van der Waals surface area contributed by atoms with Gasteiger partial charge >= 0.3 is 0 Å². The number of carbonyl (C=O) groups excluding carboxylic acids is 2. The van der Waals surface area contributed by atoms with Gasteiger partial charge in [0.25, 0.3) is 10.0 Å². The first kappa shape index (κ1) is 36.8. The first-order valence-electron chi connectivity index (χ1n) is 15.8. The first-order valence-corrected chi connectivity index (χ1v) is 18.9. The molecule has 8 nitrogen and oxygen atoms in total. The van der Waals surface area contributed by atoms with Crippen LogP contribution in [0.4, 0.5) is 5.69 Å². The Kier molecular flexibility index (Phi) is 13.4. The number of halogens is 1. The fourth-order valence-electron chi connectivity index (χ4n) is 5.11. The van der Waals surface area contributed by atoms with Crippen molar-refractivity contribution >= 4 is 50.9 Å². The lowest BCUT2D eigenvalue weighted by Crippen LogP contribution is -2.54. The smallest absolute Gasteiger partial charge is 0.264 e. The Morgan fingerprint density at radius 2 is 1.52 bits per heavy atom. The summed E-state index contributed by atoms with van der Waals surface area (Å²) in [7, 11) is -4.28. The topological polar surface area (TPSA) is 96.0 Å². The molecule has 4 aromatic carbocycles. The molecule has 0 aliphatic carbocycles. The number of sulfonamides is 1. The molecule has 0 bridgehead atoms. The number of nitrogens with zero attached hydrogens (tertiary/aromatic N) is 2. The molecule has 0 fully saturated rings. The third kappa shape index (κ3) is 9.55. The lowest BCUT2D eigenvalue weighted by atomic mass is 10.0. The molecule has 0 saturated heterocycles. The van der Waals surface area contributed by atoms with Crippen molar-refractivity contribution in [3.63, 3.8) is 0 Å². The van der Waals surface area contributed by atoms with Gasteiger partial charge < -0.3 is 15.0 Å². The zero-order valence-corrected chi connectivity index (χ0v) is 30.0. The van der Waals surface area contributed by atoms with E-state index in [1.165, 1.54) is 28.8 Å². The van der Waals surface area contributed by atoms with Crippen molar-refractivity contribution in [3.8, 4) is 5.75 Å². The molecule has 0 aliphatic rings. The van der Waals surface area contributed by atoms with Crippen LogP contribution in [0.5, 0.6) is 5.75 Å². The lowest BCUT2D eigenvalue weighted by molar-refractivity contribution is -0.140. The fourth-order valence-corrected chi connectivity index (χ4v) is 7.07. The summed E-state index contributed by atoms with van der Waals surface area (Å²) in [5, 5.41) is 3.58. The lowest BCUT2D eigenvalue weighted by Gasteiger charge is -2.34.